The second-order valence-corrected chi connectivity index (χ2v) is 6.30. The Balaban J connectivity index is 1.79. The van der Waals surface area contributed by atoms with Crippen LogP contribution in [0.5, 0.6) is 17.2 Å². The molecule has 0 saturated carbocycles. The molecule has 1 atom stereocenters. The van der Waals surface area contributed by atoms with E-state index in [-0.39, 0.29) is 5.82 Å². The molecule has 0 unspecified atom stereocenters. The summed E-state index contributed by atoms with van der Waals surface area (Å²) in [5.41, 5.74) is 1.81. The highest BCUT2D eigenvalue weighted by Gasteiger charge is 2.20. The number of hydrogen-bond donors (Lipinski definition) is 0. The number of benzene rings is 3. The molecule has 0 N–H and O–H groups in total. The summed E-state index contributed by atoms with van der Waals surface area (Å²) in [6.45, 7) is 1.68. The van der Waals surface area contributed by atoms with Crippen LogP contribution in [0.25, 0.3) is 11.1 Å². The Morgan fingerprint density at radius 3 is 2.04 bits per heavy atom. The maximum absolute atomic E-state index is 14.6. The van der Waals surface area contributed by atoms with Gasteiger partial charge in [-0.05, 0) is 24.1 Å². The summed E-state index contributed by atoms with van der Waals surface area (Å²) in [5, 5.41) is 0. The van der Waals surface area contributed by atoms with E-state index in [2.05, 4.69) is 0 Å². The van der Waals surface area contributed by atoms with Crippen molar-refractivity contribution in [2.24, 2.45) is 0 Å². The van der Waals surface area contributed by atoms with Crippen molar-refractivity contribution in [3.8, 4) is 28.4 Å². The molecule has 0 aromatic heterocycles. The fourth-order valence-corrected chi connectivity index (χ4v) is 2.83. The first-order valence-electron chi connectivity index (χ1n) is 8.81. The number of carbonyl (C=O) groups is 1. The Kier molecular flexibility index (Phi) is 5.94. The number of esters is 1. The third kappa shape index (κ3) is 4.31. The lowest BCUT2D eigenvalue weighted by Gasteiger charge is -2.14. The van der Waals surface area contributed by atoms with Crippen LogP contribution in [0.4, 0.5) is 4.39 Å². The Bertz CT molecular complexity index is 947. The van der Waals surface area contributed by atoms with Crippen LogP contribution >= 0.6 is 0 Å². The molecule has 3 aromatic carbocycles. The van der Waals surface area contributed by atoms with Gasteiger partial charge in [-0.2, -0.15) is 0 Å². The molecule has 0 aliphatic rings. The van der Waals surface area contributed by atoms with Gasteiger partial charge < -0.3 is 14.2 Å². The van der Waals surface area contributed by atoms with Crippen LogP contribution in [0.3, 0.4) is 0 Å². The third-order valence-electron chi connectivity index (χ3n) is 4.47. The van der Waals surface area contributed by atoms with Crippen molar-refractivity contribution >= 4 is 5.97 Å². The zero-order chi connectivity index (χ0) is 20.1. The van der Waals surface area contributed by atoms with Gasteiger partial charge in [-0.1, -0.05) is 42.5 Å². The topological polar surface area (TPSA) is 44.8 Å². The Hall–Kier alpha value is -3.34. The minimum absolute atomic E-state index is 0.300. The van der Waals surface area contributed by atoms with Gasteiger partial charge in [-0.25, -0.2) is 4.39 Å². The standard InChI is InChI=1S/C23H21FO4/c1-15(23(25)28-20-13-18(26-2)12-19(14-20)27-3)17-9-10-21(22(24)11-17)16-7-5-4-6-8-16/h4-15H,1-3H3/t15-/m1/s1. The van der Waals surface area contributed by atoms with Gasteiger partial charge in [0.15, 0.2) is 0 Å². The van der Waals surface area contributed by atoms with Gasteiger partial charge in [0.25, 0.3) is 0 Å². The number of carbonyl (C=O) groups excluding carboxylic acids is 1. The van der Waals surface area contributed by atoms with Crippen LogP contribution in [0.1, 0.15) is 18.4 Å². The molecule has 0 heterocycles. The van der Waals surface area contributed by atoms with E-state index in [0.29, 0.717) is 28.4 Å². The van der Waals surface area contributed by atoms with E-state index in [1.165, 1.54) is 20.3 Å². The minimum atomic E-state index is -0.642. The Labute approximate surface area is 163 Å². The molecule has 0 saturated heterocycles. The molecule has 0 spiro atoms. The average Bonchev–Trinajstić information content (AvgIpc) is 2.73. The maximum atomic E-state index is 14.6. The summed E-state index contributed by atoms with van der Waals surface area (Å²) < 4.78 is 30.4. The molecule has 0 bridgehead atoms. The second kappa shape index (κ2) is 8.57. The van der Waals surface area contributed by atoms with Gasteiger partial charge in [0, 0.05) is 23.8 Å². The molecule has 0 fully saturated rings. The third-order valence-corrected chi connectivity index (χ3v) is 4.47. The highest BCUT2D eigenvalue weighted by Crippen LogP contribution is 2.30. The summed E-state index contributed by atoms with van der Waals surface area (Å²) in [5.74, 6) is -0.208. The van der Waals surface area contributed by atoms with Crippen molar-refractivity contribution in [3.63, 3.8) is 0 Å². The first-order chi connectivity index (χ1) is 13.5. The number of halogens is 1. The van der Waals surface area contributed by atoms with E-state index in [0.717, 1.165) is 5.56 Å². The molecule has 0 radical (unpaired) electrons. The maximum Gasteiger partial charge on any atom is 0.318 e. The fourth-order valence-electron chi connectivity index (χ4n) is 2.83. The zero-order valence-corrected chi connectivity index (χ0v) is 15.9. The number of hydrogen-bond acceptors (Lipinski definition) is 4. The van der Waals surface area contributed by atoms with Crippen LogP contribution in [-0.4, -0.2) is 20.2 Å². The van der Waals surface area contributed by atoms with Crippen LogP contribution < -0.4 is 14.2 Å². The molecule has 3 aromatic rings. The normalized spacial score (nSPS) is 11.6. The number of methoxy groups -OCH3 is 2. The van der Waals surface area contributed by atoms with E-state index in [1.54, 1.807) is 37.3 Å². The lowest BCUT2D eigenvalue weighted by Crippen LogP contribution is -2.16. The molecular weight excluding hydrogens is 359 g/mol. The summed E-state index contributed by atoms with van der Waals surface area (Å²) >= 11 is 0. The zero-order valence-electron chi connectivity index (χ0n) is 15.9. The number of rotatable bonds is 6. The van der Waals surface area contributed by atoms with E-state index in [1.807, 2.05) is 30.3 Å². The summed E-state index contributed by atoms with van der Waals surface area (Å²) in [6.07, 6.45) is 0. The van der Waals surface area contributed by atoms with E-state index in [4.69, 9.17) is 14.2 Å². The van der Waals surface area contributed by atoms with Crippen LogP contribution in [0.15, 0.2) is 66.7 Å². The van der Waals surface area contributed by atoms with Crippen molar-refractivity contribution in [2.45, 2.75) is 12.8 Å². The molecule has 144 valence electrons. The van der Waals surface area contributed by atoms with Crippen LogP contribution in [-0.2, 0) is 4.79 Å². The predicted molar refractivity (Wildman–Crippen MR) is 105 cm³/mol. The summed E-state index contributed by atoms with van der Waals surface area (Å²) in [7, 11) is 3.03. The summed E-state index contributed by atoms with van der Waals surface area (Å²) in [4.78, 5) is 12.6. The molecular formula is C23H21FO4. The van der Waals surface area contributed by atoms with Crippen LogP contribution in [0.2, 0.25) is 0 Å². The minimum Gasteiger partial charge on any atom is -0.496 e. The molecule has 4 nitrogen and oxygen atoms in total. The second-order valence-electron chi connectivity index (χ2n) is 6.30. The van der Waals surface area contributed by atoms with Crippen molar-refractivity contribution in [3.05, 3.63) is 78.1 Å². The van der Waals surface area contributed by atoms with Crippen molar-refractivity contribution in [1.29, 1.82) is 0 Å². The van der Waals surface area contributed by atoms with Crippen molar-refractivity contribution in [2.75, 3.05) is 14.2 Å². The average molecular weight is 380 g/mol. The lowest BCUT2D eigenvalue weighted by molar-refractivity contribution is -0.135. The first kappa shape index (κ1) is 19.4. The van der Waals surface area contributed by atoms with Gasteiger partial charge in [0.05, 0.1) is 20.1 Å². The molecule has 28 heavy (non-hydrogen) atoms. The molecule has 3 rings (SSSR count). The van der Waals surface area contributed by atoms with Gasteiger partial charge in [0.2, 0.25) is 0 Å². The number of ether oxygens (including phenoxy) is 3. The van der Waals surface area contributed by atoms with Gasteiger partial charge >= 0.3 is 5.97 Å². The SMILES string of the molecule is COc1cc(OC)cc(OC(=O)[C@H](C)c2ccc(-c3ccccc3)c(F)c2)c1. The van der Waals surface area contributed by atoms with E-state index in [9.17, 15) is 9.18 Å². The first-order valence-corrected chi connectivity index (χ1v) is 8.81. The molecule has 0 aliphatic heterocycles. The van der Waals surface area contributed by atoms with Gasteiger partial charge in [-0.15, -0.1) is 0 Å². The van der Waals surface area contributed by atoms with Crippen molar-refractivity contribution < 1.29 is 23.4 Å². The van der Waals surface area contributed by atoms with Crippen LogP contribution in [0, 0.1) is 5.82 Å². The predicted octanol–water partition coefficient (Wildman–Crippen LogP) is 5.22. The molecule has 0 amide bonds. The molecule has 0 aliphatic carbocycles. The largest absolute Gasteiger partial charge is 0.496 e. The highest BCUT2D eigenvalue weighted by molar-refractivity contribution is 5.80. The Morgan fingerprint density at radius 1 is 0.857 bits per heavy atom. The Morgan fingerprint density at radius 2 is 1.46 bits per heavy atom. The molecule has 5 heteroatoms. The smallest absolute Gasteiger partial charge is 0.318 e. The van der Waals surface area contributed by atoms with Gasteiger partial charge in [-0.3, -0.25) is 4.79 Å². The lowest BCUT2D eigenvalue weighted by atomic mass is 9.97. The van der Waals surface area contributed by atoms with Crippen molar-refractivity contribution in [1.82, 2.24) is 0 Å². The highest BCUT2D eigenvalue weighted by atomic mass is 19.1. The fraction of sp³-hybridized carbons (Fsp3) is 0.174. The van der Waals surface area contributed by atoms with E-state index >= 15 is 0 Å². The quantitative estimate of drug-likeness (QED) is 0.434. The summed E-state index contributed by atoms with van der Waals surface area (Å²) in [6, 6.07) is 18.9. The van der Waals surface area contributed by atoms with Gasteiger partial charge in [0.1, 0.15) is 23.1 Å². The van der Waals surface area contributed by atoms with E-state index < -0.39 is 11.9 Å². The monoisotopic (exact) mass is 380 g/mol.